The highest BCUT2D eigenvalue weighted by Crippen LogP contribution is 2.17. The molecular weight excluding hydrogens is 254 g/mol. The molecular formula is C12H17NO4S. The van der Waals surface area contributed by atoms with Gasteiger partial charge in [-0.25, -0.2) is 8.42 Å². The zero-order chi connectivity index (χ0) is 13.9. The van der Waals surface area contributed by atoms with Crippen LogP contribution in [0.5, 0.6) is 5.75 Å². The van der Waals surface area contributed by atoms with Gasteiger partial charge in [-0.05, 0) is 13.0 Å². The van der Waals surface area contributed by atoms with Crippen LogP contribution in [0.1, 0.15) is 12.5 Å². The van der Waals surface area contributed by atoms with Crippen LogP contribution in [0.2, 0.25) is 0 Å². The highest BCUT2D eigenvalue weighted by molar-refractivity contribution is 7.92. The summed E-state index contributed by atoms with van der Waals surface area (Å²) in [7, 11) is -1.89. The van der Waals surface area contributed by atoms with E-state index in [1.54, 1.807) is 18.2 Å². The molecule has 0 saturated carbocycles. The Morgan fingerprint density at radius 3 is 2.44 bits per heavy atom. The molecule has 0 bridgehead atoms. The third-order valence-corrected chi connectivity index (χ3v) is 4.25. The third-order valence-electron chi connectivity index (χ3n) is 2.77. The highest BCUT2D eigenvalue weighted by Gasteiger charge is 2.26. The second-order valence-corrected chi connectivity index (χ2v) is 6.66. The predicted molar refractivity (Wildman–Crippen MR) is 68.9 cm³/mol. The number of amides is 1. The van der Waals surface area contributed by atoms with E-state index in [0.717, 1.165) is 6.26 Å². The van der Waals surface area contributed by atoms with E-state index in [4.69, 9.17) is 0 Å². The molecule has 1 aromatic rings. The van der Waals surface area contributed by atoms with Gasteiger partial charge in [-0.15, -0.1) is 0 Å². The Hall–Kier alpha value is -1.56. The van der Waals surface area contributed by atoms with E-state index in [9.17, 15) is 18.3 Å². The lowest BCUT2D eigenvalue weighted by atomic mass is 10.2. The molecule has 18 heavy (non-hydrogen) atoms. The minimum atomic E-state index is -3.40. The lowest BCUT2D eigenvalue weighted by molar-refractivity contribution is -0.129. The Bertz CT molecular complexity index is 539. The van der Waals surface area contributed by atoms with Crippen LogP contribution in [0.3, 0.4) is 0 Å². The van der Waals surface area contributed by atoms with Crippen molar-refractivity contribution in [1.82, 2.24) is 4.90 Å². The number of benzene rings is 1. The predicted octanol–water partition coefficient (Wildman–Crippen LogP) is 0.784. The van der Waals surface area contributed by atoms with Gasteiger partial charge >= 0.3 is 0 Å². The molecule has 0 fully saturated rings. The van der Waals surface area contributed by atoms with E-state index < -0.39 is 21.0 Å². The van der Waals surface area contributed by atoms with Crippen molar-refractivity contribution in [3.8, 4) is 5.75 Å². The minimum absolute atomic E-state index is 0.0872. The highest BCUT2D eigenvalue weighted by atomic mass is 32.2. The molecule has 0 unspecified atom stereocenters. The number of aromatic hydroxyl groups is 1. The molecule has 6 heteroatoms. The second-order valence-electron chi connectivity index (χ2n) is 4.29. The summed E-state index contributed by atoms with van der Waals surface area (Å²) < 4.78 is 22.6. The summed E-state index contributed by atoms with van der Waals surface area (Å²) in [4.78, 5) is 13.2. The smallest absolute Gasteiger partial charge is 0.240 e. The fourth-order valence-electron chi connectivity index (χ4n) is 1.47. The summed E-state index contributed by atoms with van der Waals surface area (Å²) in [6, 6.07) is 6.63. The normalized spacial score (nSPS) is 13.1. The maximum absolute atomic E-state index is 11.9. The Morgan fingerprint density at radius 2 is 1.94 bits per heavy atom. The SMILES string of the molecule is C[C@H](C(=O)N(C)Cc1ccccc1O)S(C)(=O)=O. The van der Waals surface area contributed by atoms with E-state index in [-0.39, 0.29) is 12.3 Å². The summed E-state index contributed by atoms with van der Waals surface area (Å²) in [5.41, 5.74) is 0.578. The number of phenolic OH excluding ortho intramolecular Hbond substituents is 1. The largest absolute Gasteiger partial charge is 0.508 e. The first-order valence-electron chi connectivity index (χ1n) is 5.44. The summed E-state index contributed by atoms with van der Waals surface area (Å²) in [6.07, 6.45) is 1.03. The van der Waals surface area contributed by atoms with Crippen molar-refractivity contribution >= 4 is 15.7 Å². The zero-order valence-corrected chi connectivity index (χ0v) is 11.4. The van der Waals surface area contributed by atoms with E-state index in [2.05, 4.69) is 0 Å². The van der Waals surface area contributed by atoms with Crippen molar-refractivity contribution in [1.29, 1.82) is 0 Å². The molecule has 0 saturated heterocycles. The maximum Gasteiger partial charge on any atom is 0.240 e. The molecule has 0 aliphatic rings. The lowest BCUT2D eigenvalue weighted by Crippen LogP contribution is -2.38. The van der Waals surface area contributed by atoms with Crippen molar-refractivity contribution in [3.63, 3.8) is 0 Å². The summed E-state index contributed by atoms with van der Waals surface area (Å²) in [6.45, 7) is 1.53. The van der Waals surface area contributed by atoms with Gasteiger partial charge in [-0.3, -0.25) is 4.79 Å². The van der Waals surface area contributed by atoms with Crippen LogP contribution in [0.25, 0.3) is 0 Å². The Kier molecular flexibility index (Phi) is 4.34. The summed E-state index contributed by atoms with van der Waals surface area (Å²) in [5, 5.41) is 8.51. The van der Waals surface area contributed by atoms with E-state index >= 15 is 0 Å². The molecule has 0 aliphatic heterocycles. The number of hydrogen-bond acceptors (Lipinski definition) is 4. The van der Waals surface area contributed by atoms with E-state index in [1.165, 1.54) is 24.9 Å². The number of para-hydroxylation sites is 1. The monoisotopic (exact) mass is 271 g/mol. The Morgan fingerprint density at radius 1 is 1.39 bits per heavy atom. The standard InChI is InChI=1S/C12H17NO4S/c1-9(18(3,16)17)12(15)13(2)8-10-6-4-5-7-11(10)14/h4-7,9,14H,8H2,1-3H3/t9-/m1/s1. The van der Waals surface area contributed by atoms with Gasteiger partial charge in [-0.1, -0.05) is 18.2 Å². The number of hydrogen-bond donors (Lipinski definition) is 1. The molecule has 1 atom stereocenters. The van der Waals surface area contributed by atoms with Gasteiger partial charge in [0.1, 0.15) is 11.0 Å². The molecule has 1 rings (SSSR count). The topological polar surface area (TPSA) is 74.7 Å². The van der Waals surface area contributed by atoms with Gasteiger partial charge in [0.25, 0.3) is 0 Å². The van der Waals surface area contributed by atoms with E-state index in [0.29, 0.717) is 5.56 Å². The van der Waals surface area contributed by atoms with Gasteiger partial charge in [0.2, 0.25) is 5.91 Å². The Balaban J connectivity index is 2.81. The van der Waals surface area contributed by atoms with Crippen LogP contribution < -0.4 is 0 Å². The second kappa shape index (κ2) is 5.39. The summed E-state index contributed by atoms with van der Waals surface area (Å²) in [5.74, 6) is -0.398. The average molecular weight is 271 g/mol. The molecule has 1 N–H and O–H groups in total. The number of sulfone groups is 1. The molecule has 0 aromatic heterocycles. The van der Waals surface area contributed by atoms with E-state index in [1.807, 2.05) is 0 Å². The molecule has 5 nitrogen and oxygen atoms in total. The van der Waals surface area contributed by atoms with Gasteiger partial charge in [-0.2, -0.15) is 0 Å². The van der Waals surface area contributed by atoms with Crippen molar-refractivity contribution in [3.05, 3.63) is 29.8 Å². The van der Waals surface area contributed by atoms with Crippen LogP contribution in [-0.2, 0) is 21.2 Å². The first kappa shape index (κ1) is 14.5. The number of rotatable bonds is 4. The first-order chi connectivity index (χ1) is 8.23. The molecule has 0 heterocycles. The van der Waals surface area contributed by atoms with Gasteiger partial charge in [0.15, 0.2) is 9.84 Å². The van der Waals surface area contributed by atoms with Crippen molar-refractivity contribution in [2.24, 2.45) is 0 Å². The summed E-state index contributed by atoms with van der Waals surface area (Å²) >= 11 is 0. The third kappa shape index (κ3) is 3.46. The first-order valence-corrected chi connectivity index (χ1v) is 7.39. The number of phenols is 1. The van der Waals surface area contributed by atoms with Crippen LogP contribution >= 0.6 is 0 Å². The Labute approximate surface area is 107 Å². The van der Waals surface area contributed by atoms with Crippen LogP contribution in [0, 0.1) is 0 Å². The molecule has 100 valence electrons. The fourth-order valence-corrected chi connectivity index (χ4v) is 2.02. The molecule has 0 aliphatic carbocycles. The molecule has 0 radical (unpaired) electrons. The lowest BCUT2D eigenvalue weighted by Gasteiger charge is -2.21. The minimum Gasteiger partial charge on any atom is -0.508 e. The fraction of sp³-hybridized carbons (Fsp3) is 0.417. The van der Waals surface area contributed by atoms with Gasteiger partial charge in [0, 0.05) is 25.4 Å². The van der Waals surface area contributed by atoms with Gasteiger partial charge < -0.3 is 10.0 Å². The number of carbonyl (C=O) groups excluding carboxylic acids is 1. The molecule has 1 aromatic carbocycles. The zero-order valence-electron chi connectivity index (χ0n) is 10.6. The van der Waals surface area contributed by atoms with Crippen LogP contribution in [-0.4, -0.2) is 42.9 Å². The maximum atomic E-state index is 11.9. The number of carbonyl (C=O) groups is 1. The van der Waals surface area contributed by atoms with Crippen molar-refractivity contribution < 1.29 is 18.3 Å². The molecule has 0 spiro atoms. The average Bonchev–Trinajstić information content (AvgIpc) is 2.29. The number of nitrogens with zero attached hydrogens (tertiary/aromatic N) is 1. The molecule has 1 amide bonds. The van der Waals surface area contributed by atoms with Crippen LogP contribution in [0.4, 0.5) is 0 Å². The van der Waals surface area contributed by atoms with Gasteiger partial charge in [0.05, 0.1) is 0 Å². The van der Waals surface area contributed by atoms with Crippen LogP contribution in [0.15, 0.2) is 24.3 Å². The van der Waals surface area contributed by atoms with Crippen molar-refractivity contribution in [2.45, 2.75) is 18.7 Å². The quantitative estimate of drug-likeness (QED) is 0.878. The van der Waals surface area contributed by atoms with Crippen molar-refractivity contribution in [2.75, 3.05) is 13.3 Å².